The highest BCUT2D eigenvalue weighted by molar-refractivity contribution is 6.40. The molecule has 5 heteroatoms. The number of hydrogen-bond acceptors (Lipinski definition) is 2. The van der Waals surface area contributed by atoms with Crippen molar-refractivity contribution in [2.45, 2.75) is 0 Å². The summed E-state index contributed by atoms with van der Waals surface area (Å²) in [6, 6.07) is 24.2. The third-order valence-corrected chi connectivity index (χ3v) is 4.68. The Balaban J connectivity index is 1.85. The van der Waals surface area contributed by atoms with Crippen molar-refractivity contribution in [1.29, 1.82) is 0 Å². The maximum atomic E-state index is 13.2. The molecule has 0 radical (unpaired) electrons. The number of nitrogens with zero attached hydrogens (tertiary/aromatic N) is 2. The van der Waals surface area contributed by atoms with Gasteiger partial charge in [0.05, 0.1) is 10.7 Å². The molecule has 27 heavy (non-hydrogen) atoms. The summed E-state index contributed by atoms with van der Waals surface area (Å²) in [6.07, 6.45) is 1.77. The van der Waals surface area contributed by atoms with Crippen LogP contribution in [0, 0.1) is 0 Å². The van der Waals surface area contributed by atoms with Crippen LogP contribution in [-0.4, -0.2) is 11.7 Å². The normalized spacial score (nSPS) is 15.3. The fourth-order valence-corrected chi connectivity index (χ4v) is 3.38. The minimum absolute atomic E-state index is 0.234. The van der Waals surface area contributed by atoms with E-state index in [0.29, 0.717) is 27.3 Å². The largest absolute Gasteiger partial charge is 0.282 e. The van der Waals surface area contributed by atoms with Crippen molar-refractivity contribution in [3.05, 3.63) is 106 Å². The Kier molecular flexibility index (Phi) is 4.80. The number of carbonyl (C=O) groups excluding carboxylic acids is 1. The van der Waals surface area contributed by atoms with Gasteiger partial charge in [-0.15, -0.1) is 0 Å². The maximum absolute atomic E-state index is 13.2. The zero-order valence-electron chi connectivity index (χ0n) is 14.1. The average Bonchev–Trinajstić information content (AvgIpc) is 3.00. The summed E-state index contributed by atoms with van der Waals surface area (Å²) in [6.45, 7) is 0. The summed E-state index contributed by atoms with van der Waals surface area (Å²) < 4.78 is 0. The number of halogens is 2. The Morgan fingerprint density at radius 3 is 2.19 bits per heavy atom. The van der Waals surface area contributed by atoms with Crippen LogP contribution in [0.1, 0.15) is 11.1 Å². The van der Waals surface area contributed by atoms with Crippen LogP contribution in [0.4, 0.5) is 5.69 Å². The lowest BCUT2D eigenvalue weighted by atomic mass is 10.1. The number of anilines is 1. The Labute approximate surface area is 167 Å². The number of hydrogen-bond donors (Lipinski definition) is 0. The number of carbonyl (C=O) groups is 1. The van der Waals surface area contributed by atoms with Gasteiger partial charge in [-0.1, -0.05) is 83.9 Å². The first kappa shape index (κ1) is 17.5. The minimum atomic E-state index is -0.234. The number of benzene rings is 3. The smallest absolute Gasteiger partial charge is 0.266 e. The maximum Gasteiger partial charge on any atom is 0.282 e. The Morgan fingerprint density at radius 1 is 0.852 bits per heavy atom. The van der Waals surface area contributed by atoms with Gasteiger partial charge >= 0.3 is 0 Å². The SMILES string of the molecule is O=C1C(=Cc2ccccc2)N=C(c2ccccc2)N1c1ccc(Cl)cc1Cl. The molecule has 1 aliphatic heterocycles. The number of rotatable bonds is 3. The second-order valence-electron chi connectivity index (χ2n) is 5.98. The van der Waals surface area contributed by atoms with Crippen LogP contribution in [-0.2, 0) is 4.79 Å². The molecular weight excluding hydrogens is 379 g/mol. The zero-order valence-corrected chi connectivity index (χ0v) is 15.7. The van der Waals surface area contributed by atoms with Crippen LogP contribution in [0.15, 0.2) is 89.6 Å². The van der Waals surface area contributed by atoms with Crippen LogP contribution in [0.25, 0.3) is 6.08 Å². The third-order valence-electron chi connectivity index (χ3n) is 4.15. The average molecular weight is 393 g/mol. The lowest BCUT2D eigenvalue weighted by Crippen LogP contribution is -2.32. The van der Waals surface area contributed by atoms with Crippen LogP contribution in [0.2, 0.25) is 10.0 Å². The summed E-state index contributed by atoms with van der Waals surface area (Å²) in [5, 5.41) is 0.897. The quantitative estimate of drug-likeness (QED) is 0.516. The number of aliphatic imine (C=N–C) groups is 1. The summed E-state index contributed by atoms with van der Waals surface area (Å²) in [4.78, 5) is 19.3. The highest BCUT2D eigenvalue weighted by Crippen LogP contribution is 2.34. The first-order valence-corrected chi connectivity index (χ1v) is 9.09. The van der Waals surface area contributed by atoms with Crippen molar-refractivity contribution in [1.82, 2.24) is 0 Å². The van der Waals surface area contributed by atoms with Gasteiger partial charge < -0.3 is 0 Å². The predicted octanol–water partition coefficient (Wildman–Crippen LogP) is 5.83. The molecule has 3 aromatic carbocycles. The van der Waals surface area contributed by atoms with Gasteiger partial charge in [-0.3, -0.25) is 9.69 Å². The van der Waals surface area contributed by atoms with E-state index in [9.17, 15) is 4.79 Å². The van der Waals surface area contributed by atoms with Gasteiger partial charge in [0.25, 0.3) is 5.91 Å². The highest BCUT2D eigenvalue weighted by Gasteiger charge is 2.33. The zero-order chi connectivity index (χ0) is 18.8. The van der Waals surface area contributed by atoms with E-state index < -0.39 is 0 Å². The number of amidine groups is 1. The molecule has 3 aromatic rings. The van der Waals surface area contributed by atoms with E-state index in [0.717, 1.165) is 11.1 Å². The molecule has 1 aliphatic rings. The van der Waals surface area contributed by atoms with Crippen molar-refractivity contribution >= 4 is 46.7 Å². The van der Waals surface area contributed by atoms with E-state index in [-0.39, 0.29) is 5.91 Å². The van der Waals surface area contributed by atoms with E-state index in [4.69, 9.17) is 23.2 Å². The van der Waals surface area contributed by atoms with Crippen LogP contribution >= 0.6 is 23.2 Å². The number of amides is 1. The molecule has 0 unspecified atom stereocenters. The second-order valence-corrected chi connectivity index (χ2v) is 6.82. The Hall–Kier alpha value is -2.88. The van der Waals surface area contributed by atoms with Gasteiger partial charge in [0, 0.05) is 10.6 Å². The van der Waals surface area contributed by atoms with E-state index in [1.54, 1.807) is 24.3 Å². The topological polar surface area (TPSA) is 32.7 Å². The lowest BCUT2D eigenvalue weighted by molar-refractivity contribution is -0.113. The standard InChI is InChI=1S/C22H14Cl2N2O/c23-17-11-12-20(18(24)14-17)26-21(16-9-5-2-6-10-16)25-19(22(26)27)13-15-7-3-1-4-8-15/h1-14H. The van der Waals surface area contributed by atoms with Gasteiger partial charge in [0.2, 0.25) is 0 Å². The first-order valence-electron chi connectivity index (χ1n) is 8.34. The minimum Gasteiger partial charge on any atom is -0.266 e. The Morgan fingerprint density at radius 2 is 1.52 bits per heavy atom. The van der Waals surface area contributed by atoms with Crippen molar-refractivity contribution in [3.8, 4) is 0 Å². The molecule has 3 nitrogen and oxygen atoms in total. The Bertz CT molecular complexity index is 1060. The lowest BCUT2D eigenvalue weighted by Gasteiger charge is -2.20. The summed E-state index contributed by atoms with van der Waals surface area (Å²) in [7, 11) is 0. The molecule has 0 saturated carbocycles. The van der Waals surface area contributed by atoms with Gasteiger partial charge in [-0.25, -0.2) is 4.99 Å². The van der Waals surface area contributed by atoms with Crippen molar-refractivity contribution in [3.63, 3.8) is 0 Å². The van der Waals surface area contributed by atoms with Crippen LogP contribution < -0.4 is 4.90 Å². The molecule has 1 amide bonds. The molecule has 0 N–H and O–H groups in total. The monoisotopic (exact) mass is 392 g/mol. The summed E-state index contributed by atoms with van der Waals surface area (Å²) >= 11 is 12.4. The van der Waals surface area contributed by atoms with Crippen molar-refractivity contribution < 1.29 is 4.79 Å². The molecule has 0 saturated heterocycles. The molecule has 0 fully saturated rings. The molecule has 1 heterocycles. The van der Waals surface area contributed by atoms with E-state index in [1.807, 2.05) is 60.7 Å². The third kappa shape index (κ3) is 3.52. The van der Waals surface area contributed by atoms with Gasteiger partial charge in [-0.2, -0.15) is 0 Å². The molecule has 0 spiro atoms. The summed E-state index contributed by atoms with van der Waals surface area (Å²) in [5.74, 6) is 0.300. The van der Waals surface area contributed by atoms with E-state index >= 15 is 0 Å². The molecule has 0 aliphatic carbocycles. The van der Waals surface area contributed by atoms with Gasteiger partial charge in [-0.05, 0) is 29.8 Å². The fraction of sp³-hybridized carbons (Fsp3) is 0. The van der Waals surface area contributed by atoms with Gasteiger partial charge in [0.1, 0.15) is 11.5 Å². The van der Waals surface area contributed by atoms with Crippen LogP contribution in [0.3, 0.4) is 0 Å². The molecule has 0 atom stereocenters. The van der Waals surface area contributed by atoms with E-state index in [1.165, 1.54) is 4.90 Å². The first-order chi connectivity index (χ1) is 13.1. The van der Waals surface area contributed by atoms with Gasteiger partial charge in [0.15, 0.2) is 0 Å². The molecule has 132 valence electrons. The molecule has 4 rings (SSSR count). The van der Waals surface area contributed by atoms with Crippen LogP contribution in [0.5, 0.6) is 0 Å². The van der Waals surface area contributed by atoms with Crippen molar-refractivity contribution in [2.24, 2.45) is 4.99 Å². The molecule has 0 aromatic heterocycles. The molecule has 0 bridgehead atoms. The fourth-order valence-electron chi connectivity index (χ4n) is 2.89. The van der Waals surface area contributed by atoms with Crippen molar-refractivity contribution in [2.75, 3.05) is 4.90 Å². The van der Waals surface area contributed by atoms with E-state index in [2.05, 4.69) is 4.99 Å². The summed E-state index contributed by atoms with van der Waals surface area (Å²) in [5.41, 5.74) is 2.63. The predicted molar refractivity (Wildman–Crippen MR) is 111 cm³/mol. The second kappa shape index (κ2) is 7.39. The molecular formula is C22H14Cl2N2O. The highest BCUT2D eigenvalue weighted by atomic mass is 35.5.